The second-order valence-electron chi connectivity index (χ2n) is 11.8. The number of ether oxygens (including phenoxy) is 1. The maximum Gasteiger partial charge on any atom is 0.264 e. The summed E-state index contributed by atoms with van der Waals surface area (Å²) in [7, 11) is -2.78. The average molecular weight is 658 g/mol. The van der Waals surface area contributed by atoms with Crippen molar-refractivity contribution in [2.45, 2.75) is 62.6 Å². The van der Waals surface area contributed by atoms with Crippen LogP contribution >= 0.6 is 0 Å². The highest BCUT2D eigenvalue weighted by Gasteiger charge is 2.36. The summed E-state index contributed by atoms with van der Waals surface area (Å²) in [6.45, 7) is 1.03. The maximum atomic E-state index is 15.1. The lowest BCUT2D eigenvalue weighted by Gasteiger charge is -2.34. The summed E-state index contributed by atoms with van der Waals surface area (Å²) in [5.74, 6) is -1.05. The van der Waals surface area contributed by atoms with Crippen molar-refractivity contribution in [1.29, 1.82) is 0 Å². The molecule has 0 spiro atoms. The van der Waals surface area contributed by atoms with E-state index in [1.165, 1.54) is 42.3 Å². The molecule has 1 fully saturated rings. The average Bonchev–Trinajstić information content (AvgIpc) is 3.60. The molecule has 1 saturated carbocycles. The third-order valence-electron chi connectivity index (χ3n) is 8.52. The number of hydrogen-bond donors (Lipinski definition) is 1. The topological polar surface area (TPSA) is 96.0 Å². The van der Waals surface area contributed by atoms with Crippen molar-refractivity contribution in [3.05, 3.63) is 126 Å². The van der Waals surface area contributed by atoms with Crippen LogP contribution in [0.3, 0.4) is 0 Å². The second kappa shape index (κ2) is 15.3. The summed E-state index contributed by atoms with van der Waals surface area (Å²) in [4.78, 5) is 29.9. The summed E-state index contributed by atoms with van der Waals surface area (Å²) in [5, 5.41) is 3.12. The molecular formula is C37H40FN3O5S. The predicted molar refractivity (Wildman–Crippen MR) is 180 cm³/mol. The van der Waals surface area contributed by atoms with Gasteiger partial charge in [-0.2, -0.15) is 0 Å². The maximum absolute atomic E-state index is 15.1. The van der Waals surface area contributed by atoms with E-state index < -0.39 is 34.3 Å². The van der Waals surface area contributed by atoms with E-state index in [0.29, 0.717) is 5.75 Å². The van der Waals surface area contributed by atoms with Crippen molar-refractivity contribution >= 4 is 27.5 Å². The van der Waals surface area contributed by atoms with Crippen molar-refractivity contribution in [2.24, 2.45) is 0 Å². The number of benzene rings is 4. The molecule has 0 aromatic heterocycles. The van der Waals surface area contributed by atoms with Crippen LogP contribution in [-0.2, 0) is 32.6 Å². The Kier molecular flexibility index (Phi) is 10.9. The standard InChI is InChI=1S/C37H40FN3O5S/c1-27-16-18-31(19-17-27)41(47(44,45)33-22-20-32(46-2)21-23-33)26-36(42)40(25-29-12-6-9-15-34(29)38)35(24-28-10-4-3-5-11-28)37(43)39-30-13-7-8-14-30/h3-6,9-12,15-23,30,35H,7-8,13-14,24-26H2,1-2H3,(H,39,43)/t35-/m1/s1. The van der Waals surface area contributed by atoms with E-state index in [0.717, 1.165) is 41.1 Å². The molecule has 1 aliphatic carbocycles. The normalized spacial score (nSPS) is 13.9. The summed E-state index contributed by atoms with van der Waals surface area (Å²) < 4.78 is 49.7. The van der Waals surface area contributed by atoms with Crippen molar-refractivity contribution in [2.75, 3.05) is 18.0 Å². The minimum atomic E-state index is -4.27. The zero-order valence-electron chi connectivity index (χ0n) is 26.6. The third-order valence-corrected chi connectivity index (χ3v) is 10.3. The number of sulfonamides is 1. The number of anilines is 1. The lowest BCUT2D eigenvalue weighted by molar-refractivity contribution is -0.140. The van der Waals surface area contributed by atoms with Gasteiger partial charge in [0.15, 0.2) is 0 Å². The molecule has 0 unspecified atom stereocenters. The Hall–Kier alpha value is -4.70. The van der Waals surface area contributed by atoms with Gasteiger partial charge in [0.2, 0.25) is 11.8 Å². The van der Waals surface area contributed by atoms with Gasteiger partial charge in [-0.25, -0.2) is 12.8 Å². The summed E-state index contributed by atoms with van der Waals surface area (Å²) >= 11 is 0. The van der Waals surface area contributed by atoms with Crippen molar-refractivity contribution in [3.63, 3.8) is 0 Å². The van der Waals surface area contributed by atoms with Crippen LogP contribution in [0.1, 0.15) is 42.4 Å². The number of aryl methyl sites for hydroxylation is 1. The number of carbonyl (C=O) groups is 2. The Morgan fingerprint density at radius 1 is 0.894 bits per heavy atom. The van der Waals surface area contributed by atoms with Crippen LogP contribution in [0.25, 0.3) is 0 Å². The van der Waals surface area contributed by atoms with Gasteiger partial charge in [0.25, 0.3) is 10.0 Å². The largest absolute Gasteiger partial charge is 0.497 e. The van der Waals surface area contributed by atoms with E-state index in [4.69, 9.17) is 4.74 Å². The van der Waals surface area contributed by atoms with Crippen molar-refractivity contribution in [1.82, 2.24) is 10.2 Å². The fourth-order valence-electron chi connectivity index (χ4n) is 5.85. The van der Waals surface area contributed by atoms with Crippen LogP contribution in [-0.4, -0.2) is 50.9 Å². The van der Waals surface area contributed by atoms with E-state index in [9.17, 15) is 18.0 Å². The third kappa shape index (κ3) is 8.37. The molecule has 1 aliphatic rings. The number of nitrogens with zero attached hydrogens (tertiary/aromatic N) is 2. The Morgan fingerprint density at radius 3 is 2.17 bits per heavy atom. The van der Waals surface area contributed by atoms with Gasteiger partial charge in [-0.3, -0.25) is 13.9 Å². The van der Waals surface area contributed by atoms with E-state index in [1.54, 1.807) is 42.5 Å². The number of halogens is 1. The van der Waals surface area contributed by atoms with E-state index in [2.05, 4.69) is 5.32 Å². The first-order chi connectivity index (χ1) is 22.7. The SMILES string of the molecule is COc1ccc(S(=O)(=O)N(CC(=O)N(Cc2ccccc2F)[C@H](Cc2ccccc2)C(=O)NC2CCCC2)c2ccc(C)cc2)cc1. The summed E-state index contributed by atoms with van der Waals surface area (Å²) in [6, 6.07) is 27.1. The van der Waals surface area contributed by atoms with Crippen LogP contribution in [0.2, 0.25) is 0 Å². The molecule has 1 N–H and O–H groups in total. The van der Waals surface area contributed by atoms with Crippen molar-refractivity contribution < 1.29 is 27.1 Å². The lowest BCUT2D eigenvalue weighted by Crippen LogP contribution is -2.54. The Morgan fingerprint density at radius 2 is 1.53 bits per heavy atom. The minimum absolute atomic E-state index is 0.0225. The van der Waals surface area contributed by atoms with Gasteiger partial charge < -0.3 is 15.0 Å². The van der Waals surface area contributed by atoms with Gasteiger partial charge in [-0.05, 0) is 67.8 Å². The lowest BCUT2D eigenvalue weighted by atomic mass is 10.0. The van der Waals surface area contributed by atoms with Gasteiger partial charge in [0, 0.05) is 24.6 Å². The zero-order valence-corrected chi connectivity index (χ0v) is 27.5. The van der Waals surface area contributed by atoms with Crippen molar-refractivity contribution in [3.8, 4) is 5.75 Å². The van der Waals surface area contributed by atoms with E-state index >= 15 is 4.39 Å². The molecule has 2 amide bonds. The number of amides is 2. The molecule has 5 rings (SSSR count). The molecule has 4 aromatic rings. The number of nitrogens with one attached hydrogen (secondary N) is 1. The number of methoxy groups -OCH3 is 1. The van der Waals surface area contributed by atoms with Gasteiger partial charge in [0.1, 0.15) is 24.2 Å². The number of carbonyl (C=O) groups excluding carboxylic acids is 2. The Labute approximate surface area is 276 Å². The predicted octanol–water partition coefficient (Wildman–Crippen LogP) is 6.04. The Balaban J connectivity index is 1.56. The molecule has 0 bridgehead atoms. The first-order valence-corrected chi connectivity index (χ1v) is 17.2. The molecule has 0 radical (unpaired) electrons. The highest BCUT2D eigenvalue weighted by Crippen LogP contribution is 2.27. The second-order valence-corrected chi connectivity index (χ2v) is 13.7. The molecule has 47 heavy (non-hydrogen) atoms. The number of rotatable bonds is 13. The first kappa shape index (κ1) is 33.7. The molecule has 8 nitrogen and oxygen atoms in total. The van der Waals surface area contributed by atoms with Crippen LogP contribution in [0.5, 0.6) is 5.75 Å². The monoisotopic (exact) mass is 657 g/mol. The van der Waals surface area contributed by atoms with E-state index in [1.807, 2.05) is 37.3 Å². The van der Waals surface area contributed by atoms with Gasteiger partial charge in [-0.1, -0.05) is 79.1 Å². The van der Waals surface area contributed by atoms with Crippen LogP contribution in [0, 0.1) is 12.7 Å². The molecule has 0 aliphatic heterocycles. The van der Waals surface area contributed by atoms with Gasteiger partial charge in [0.05, 0.1) is 17.7 Å². The molecule has 0 heterocycles. The summed E-state index contributed by atoms with van der Waals surface area (Å²) in [6.07, 6.45) is 3.84. The molecular weight excluding hydrogens is 617 g/mol. The quantitative estimate of drug-likeness (QED) is 0.189. The fraction of sp³-hybridized carbons (Fsp3) is 0.297. The fourth-order valence-corrected chi connectivity index (χ4v) is 7.26. The van der Waals surface area contributed by atoms with Crippen LogP contribution in [0.4, 0.5) is 10.1 Å². The highest BCUT2D eigenvalue weighted by atomic mass is 32.2. The molecule has 0 saturated heterocycles. The van der Waals surface area contributed by atoms with Crippen LogP contribution in [0.15, 0.2) is 108 Å². The first-order valence-electron chi connectivity index (χ1n) is 15.8. The van der Waals surface area contributed by atoms with Gasteiger partial charge in [-0.15, -0.1) is 0 Å². The molecule has 1 atom stereocenters. The highest BCUT2D eigenvalue weighted by molar-refractivity contribution is 7.92. The van der Waals surface area contributed by atoms with E-state index in [-0.39, 0.29) is 41.1 Å². The Bertz CT molecular complexity index is 1760. The molecule has 246 valence electrons. The zero-order chi connectivity index (χ0) is 33.4. The summed E-state index contributed by atoms with van der Waals surface area (Å²) in [5.41, 5.74) is 2.22. The molecule has 10 heteroatoms. The number of hydrogen-bond acceptors (Lipinski definition) is 5. The van der Waals surface area contributed by atoms with Gasteiger partial charge >= 0.3 is 0 Å². The van der Waals surface area contributed by atoms with Crippen LogP contribution < -0.4 is 14.4 Å². The molecule has 4 aromatic carbocycles. The minimum Gasteiger partial charge on any atom is -0.497 e. The smallest absolute Gasteiger partial charge is 0.264 e.